The Balaban J connectivity index is 1.29. The molecule has 0 fully saturated rings. The molecule has 6 heteroatoms. The summed E-state index contributed by atoms with van der Waals surface area (Å²) in [7, 11) is 0. The highest BCUT2D eigenvalue weighted by molar-refractivity contribution is 5.17. The fourth-order valence-electron chi connectivity index (χ4n) is 7.99. The van der Waals surface area contributed by atoms with E-state index in [1.54, 1.807) is 0 Å². The molecule has 0 radical (unpaired) electrons. The van der Waals surface area contributed by atoms with Crippen LogP contribution in [0, 0.1) is 11.8 Å². The standard InChI is InChI=1S/C57H66O6/c1-4-23-55(61-41-50-30-17-8-18-31-50)45(2)57(63-43-52-34-21-10-22-35-52)46(3)56(62-42-51-32-19-9-20-33-51)37-53(59-39-48-26-13-6-14-27-48)36-54(60-40-49-28-15-7-16-29-49)44-58-38-47-24-11-5-12-25-47/h4-22,24-35,45-46,53-57H,1,23,36-44H2,2-3H3/t45-,46-,53-,54-,55-,56+,57+/m0/s1. The van der Waals surface area contributed by atoms with Crippen molar-refractivity contribution in [2.24, 2.45) is 11.8 Å². The molecule has 0 N–H and O–H groups in total. The minimum Gasteiger partial charge on any atom is -0.374 e. The summed E-state index contributed by atoms with van der Waals surface area (Å²) in [6, 6.07) is 62.1. The SMILES string of the molecule is C=CC[C@H](OCc1ccccc1)[C@H](C)[C@@H](OCc1ccccc1)[C@@H](C)[C@@H](C[C@H](C[C@@H](COCc1ccccc1)OCc1ccccc1)OCc1ccccc1)OCc1ccccc1. The minimum atomic E-state index is -0.257. The summed E-state index contributed by atoms with van der Waals surface area (Å²) in [5.41, 5.74) is 6.71. The van der Waals surface area contributed by atoms with Crippen LogP contribution in [0.2, 0.25) is 0 Å². The fraction of sp³-hybridized carbons (Fsp3) is 0.333. The van der Waals surface area contributed by atoms with E-state index in [2.05, 4.69) is 142 Å². The minimum absolute atomic E-state index is 0.00900. The van der Waals surface area contributed by atoms with Crippen LogP contribution >= 0.6 is 0 Å². The van der Waals surface area contributed by atoms with Gasteiger partial charge in [-0.2, -0.15) is 0 Å². The summed E-state index contributed by atoms with van der Waals surface area (Å²) in [5, 5.41) is 0. The van der Waals surface area contributed by atoms with Crippen LogP contribution in [0.3, 0.4) is 0 Å². The molecule has 330 valence electrons. The molecule has 0 bridgehead atoms. The Bertz CT molecular complexity index is 2070. The van der Waals surface area contributed by atoms with E-state index in [4.69, 9.17) is 28.4 Å². The van der Waals surface area contributed by atoms with Gasteiger partial charge < -0.3 is 28.4 Å². The number of benzene rings is 6. The van der Waals surface area contributed by atoms with Crippen LogP contribution in [0.4, 0.5) is 0 Å². The summed E-state index contributed by atoms with van der Waals surface area (Å²) >= 11 is 0. The van der Waals surface area contributed by atoms with Crippen molar-refractivity contribution in [1.82, 2.24) is 0 Å². The van der Waals surface area contributed by atoms with Crippen molar-refractivity contribution in [3.63, 3.8) is 0 Å². The summed E-state index contributed by atoms with van der Waals surface area (Å²) in [6.07, 6.45) is 2.75. The normalized spacial score (nSPS) is 14.8. The molecule has 0 saturated carbocycles. The lowest BCUT2D eigenvalue weighted by atomic mass is 9.82. The molecule has 63 heavy (non-hydrogen) atoms. The molecule has 0 amide bonds. The van der Waals surface area contributed by atoms with Crippen molar-refractivity contribution < 1.29 is 28.4 Å². The van der Waals surface area contributed by atoms with Gasteiger partial charge in [-0.3, -0.25) is 0 Å². The van der Waals surface area contributed by atoms with Gasteiger partial charge in [-0.15, -0.1) is 6.58 Å². The number of rotatable bonds is 29. The fourth-order valence-corrected chi connectivity index (χ4v) is 7.99. The smallest absolute Gasteiger partial charge is 0.0837 e. The first-order valence-corrected chi connectivity index (χ1v) is 22.5. The Morgan fingerprint density at radius 2 is 0.714 bits per heavy atom. The van der Waals surface area contributed by atoms with E-state index in [1.807, 2.05) is 66.7 Å². The molecule has 6 aromatic rings. The molecule has 0 aliphatic rings. The third-order valence-corrected chi connectivity index (χ3v) is 11.6. The maximum absolute atomic E-state index is 7.08. The van der Waals surface area contributed by atoms with Crippen molar-refractivity contribution in [1.29, 1.82) is 0 Å². The van der Waals surface area contributed by atoms with Crippen molar-refractivity contribution in [3.05, 3.63) is 228 Å². The van der Waals surface area contributed by atoms with Crippen LogP contribution < -0.4 is 0 Å². The summed E-state index contributed by atoms with van der Waals surface area (Å²) in [4.78, 5) is 0. The van der Waals surface area contributed by atoms with Gasteiger partial charge in [0.2, 0.25) is 0 Å². The van der Waals surface area contributed by atoms with Gasteiger partial charge in [0.15, 0.2) is 0 Å². The number of hydrogen-bond donors (Lipinski definition) is 0. The van der Waals surface area contributed by atoms with E-state index < -0.39 is 0 Å². The Labute approximate surface area is 376 Å². The van der Waals surface area contributed by atoms with Crippen LogP contribution in [0.25, 0.3) is 0 Å². The topological polar surface area (TPSA) is 55.4 Å². The maximum Gasteiger partial charge on any atom is 0.0837 e. The number of hydrogen-bond acceptors (Lipinski definition) is 6. The van der Waals surface area contributed by atoms with Crippen molar-refractivity contribution in [2.45, 2.75) is 103 Å². The molecule has 0 aromatic heterocycles. The van der Waals surface area contributed by atoms with Gasteiger partial charge in [0.05, 0.1) is 76.8 Å². The highest BCUT2D eigenvalue weighted by atomic mass is 16.5. The first-order chi connectivity index (χ1) is 31.0. The Kier molecular flexibility index (Phi) is 20.4. The van der Waals surface area contributed by atoms with Gasteiger partial charge in [-0.25, -0.2) is 0 Å². The van der Waals surface area contributed by atoms with Crippen LogP contribution in [0.5, 0.6) is 0 Å². The molecule has 6 aromatic carbocycles. The molecule has 6 nitrogen and oxygen atoms in total. The Hall–Kier alpha value is -5.18. The molecular formula is C57H66O6. The van der Waals surface area contributed by atoms with Gasteiger partial charge in [-0.05, 0) is 39.8 Å². The van der Waals surface area contributed by atoms with Crippen LogP contribution in [0.15, 0.2) is 195 Å². The van der Waals surface area contributed by atoms with E-state index in [0.717, 1.165) is 33.4 Å². The van der Waals surface area contributed by atoms with Gasteiger partial charge in [-0.1, -0.05) is 202 Å². The first kappa shape index (κ1) is 47.3. The Morgan fingerprint density at radius 3 is 1.13 bits per heavy atom. The molecule has 7 atom stereocenters. The molecular weight excluding hydrogens is 781 g/mol. The predicted molar refractivity (Wildman–Crippen MR) is 254 cm³/mol. The van der Waals surface area contributed by atoms with E-state index >= 15 is 0 Å². The molecule has 0 aliphatic carbocycles. The van der Waals surface area contributed by atoms with Gasteiger partial charge >= 0.3 is 0 Å². The van der Waals surface area contributed by atoms with Gasteiger partial charge in [0, 0.05) is 24.7 Å². The summed E-state index contributed by atoms with van der Waals surface area (Å²) in [5.74, 6) is -0.0776. The molecule has 0 heterocycles. The van der Waals surface area contributed by atoms with E-state index in [1.165, 1.54) is 0 Å². The Morgan fingerprint density at radius 1 is 0.381 bits per heavy atom. The van der Waals surface area contributed by atoms with E-state index in [0.29, 0.717) is 65.5 Å². The quantitative estimate of drug-likeness (QED) is 0.0438. The average molecular weight is 847 g/mol. The summed E-state index contributed by atoms with van der Waals surface area (Å²) < 4.78 is 40.9. The van der Waals surface area contributed by atoms with Crippen molar-refractivity contribution >= 4 is 0 Å². The van der Waals surface area contributed by atoms with Crippen LogP contribution in [-0.2, 0) is 68.1 Å². The lowest BCUT2D eigenvalue weighted by molar-refractivity contribution is -0.135. The molecule has 0 spiro atoms. The zero-order valence-corrected chi connectivity index (χ0v) is 37.2. The lowest BCUT2D eigenvalue weighted by Crippen LogP contribution is -2.44. The second-order valence-corrected chi connectivity index (χ2v) is 16.5. The highest BCUT2D eigenvalue weighted by Gasteiger charge is 2.37. The third-order valence-electron chi connectivity index (χ3n) is 11.6. The van der Waals surface area contributed by atoms with Gasteiger partial charge in [0.1, 0.15) is 0 Å². The molecule has 6 rings (SSSR count). The second-order valence-electron chi connectivity index (χ2n) is 16.5. The maximum atomic E-state index is 7.08. The first-order valence-electron chi connectivity index (χ1n) is 22.5. The van der Waals surface area contributed by atoms with E-state index in [9.17, 15) is 0 Å². The zero-order chi connectivity index (χ0) is 43.7. The van der Waals surface area contributed by atoms with Crippen molar-refractivity contribution in [3.8, 4) is 0 Å². The number of ether oxygens (including phenoxy) is 6. The summed E-state index contributed by atoms with van der Waals surface area (Å²) in [6.45, 7) is 11.9. The second kappa shape index (κ2) is 27.1. The predicted octanol–water partition coefficient (Wildman–Crippen LogP) is 12.8. The van der Waals surface area contributed by atoms with Crippen LogP contribution in [-0.4, -0.2) is 37.1 Å². The third kappa shape index (κ3) is 16.8. The van der Waals surface area contributed by atoms with E-state index in [-0.39, 0.29) is 42.4 Å². The highest BCUT2D eigenvalue weighted by Crippen LogP contribution is 2.32. The lowest BCUT2D eigenvalue weighted by Gasteiger charge is -2.39. The average Bonchev–Trinajstić information content (AvgIpc) is 3.34. The molecule has 0 unspecified atom stereocenters. The molecule has 0 aliphatic heterocycles. The van der Waals surface area contributed by atoms with Gasteiger partial charge in [0.25, 0.3) is 0 Å². The zero-order valence-electron chi connectivity index (χ0n) is 37.2. The largest absolute Gasteiger partial charge is 0.374 e. The van der Waals surface area contributed by atoms with Crippen LogP contribution in [0.1, 0.15) is 66.5 Å². The van der Waals surface area contributed by atoms with Crippen molar-refractivity contribution in [2.75, 3.05) is 6.61 Å². The molecule has 0 saturated heterocycles. The monoisotopic (exact) mass is 846 g/mol.